The Morgan fingerprint density at radius 2 is 2.05 bits per heavy atom. The topological polar surface area (TPSA) is 51.2 Å². The van der Waals surface area contributed by atoms with Crippen LogP contribution in [0, 0.1) is 6.92 Å². The highest BCUT2D eigenvalue weighted by atomic mass is 16.3. The average molecular weight is 256 g/mol. The minimum absolute atomic E-state index is 0.161. The number of benzene rings is 1. The first kappa shape index (κ1) is 12.5. The normalized spacial score (nSPS) is 17.4. The third kappa shape index (κ3) is 2.31. The quantitative estimate of drug-likeness (QED) is 0.827. The van der Waals surface area contributed by atoms with Crippen LogP contribution < -0.4 is 11.1 Å². The predicted molar refractivity (Wildman–Crippen MR) is 78.0 cm³/mol. The average Bonchev–Trinajstić information content (AvgIpc) is 3.02. The molecule has 1 aliphatic rings. The van der Waals surface area contributed by atoms with Crippen LogP contribution in [0.25, 0.3) is 11.0 Å². The van der Waals surface area contributed by atoms with Crippen molar-refractivity contribution in [1.82, 2.24) is 5.32 Å². The van der Waals surface area contributed by atoms with E-state index in [-0.39, 0.29) is 6.04 Å². The lowest BCUT2D eigenvalue weighted by Gasteiger charge is -2.21. The van der Waals surface area contributed by atoms with Crippen molar-refractivity contribution >= 4 is 11.0 Å². The summed E-state index contributed by atoms with van der Waals surface area (Å²) in [4.78, 5) is 0. The Morgan fingerprint density at radius 3 is 2.79 bits per heavy atom. The van der Waals surface area contributed by atoms with Gasteiger partial charge < -0.3 is 15.5 Å². The highest BCUT2D eigenvalue weighted by Crippen LogP contribution is 2.30. The summed E-state index contributed by atoms with van der Waals surface area (Å²) in [6.07, 6.45) is 6.63. The molecule has 1 atom stereocenters. The van der Waals surface area contributed by atoms with E-state index in [1.54, 1.807) is 0 Å². The van der Waals surface area contributed by atoms with Gasteiger partial charge in [-0.2, -0.15) is 0 Å². The molecule has 1 aromatic heterocycles. The molecule has 19 heavy (non-hydrogen) atoms. The van der Waals surface area contributed by atoms with Crippen LogP contribution in [0.5, 0.6) is 0 Å². The van der Waals surface area contributed by atoms with Gasteiger partial charge in [0.1, 0.15) is 11.3 Å². The summed E-state index contributed by atoms with van der Waals surface area (Å²) >= 11 is 0. The fourth-order valence-corrected chi connectivity index (χ4v) is 2.93. The van der Waals surface area contributed by atoms with Gasteiger partial charge in [-0.05, 0) is 25.8 Å². The first-order chi connectivity index (χ1) is 9.29. The number of rotatable bonds is 4. The molecule has 3 rings (SSSR count). The second kappa shape index (κ2) is 5.19. The number of furan rings is 1. The summed E-state index contributed by atoms with van der Waals surface area (Å²) in [5.41, 5.74) is 8.13. The van der Waals surface area contributed by atoms with Crippen LogP contribution >= 0.6 is 0 Å². The summed E-state index contributed by atoms with van der Waals surface area (Å²) in [7, 11) is 0. The Morgan fingerprint density at radius 1 is 1.32 bits per heavy atom. The molecule has 0 bridgehead atoms. The van der Waals surface area contributed by atoms with Crippen LogP contribution in [-0.2, 0) is 0 Å². The Hall–Kier alpha value is -1.58. The molecule has 0 aliphatic heterocycles. The van der Waals surface area contributed by atoms with E-state index in [2.05, 4.69) is 23.5 Å². The number of nitrogens with one attached hydrogen (secondary N) is 1. The van der Waals surface area contributed by atoms with E-state index in [0.29, 0.717) is 12.6 Å². The highest BCUT2D eigenvalue weighted by molar-refractivity contribution is 5.82. The van der Waals surface area contributed by atoms with Gasteiger partial charge in [0, 0.05) is 29.6 Å². The number of para-hydroxylation sites is 1. The van der Waals surface area contributed by atoms with Crippen molar-refractivity contribution in [2.45, 2.75) is 31.8 Å². The maximum Gasteiger partial charge on any atom is 0.134 e. The van der Waals surface area contributed by atoms with Gasteiger partial charge in [0.05, 0.1) is 0 Å². The van der Waals surface area contributed by atoms with E-state index < -0.39 is 0 Å². The standard InChI is InChI=1S/C16H20N2O/c1-11-16(13-8-4-5-9-15(13)19-11)14(10-17)18-12-6-2-3-7-12/h2-5,8-9,12,14,18H,6-7,10,17H2,1H3. The first-order valence-corrected chi connectivity index (χ1v) is 6.88. The lowest BCUT2D eigenvalue weighted by atomic mass is 10.0. The predicted octanol–water partition coefficient (Wildman–Crippen LogP) is 3.05. The fourth-order valence-electron chi connectivity index (χ4n) is 2.93. The fraction of sp³-hybridized carbons (Fsp3) is 0.375. The second-order valence-corrected chi connectivity index (χ2v) is 5.16. The number of aryl methyl sites for hydroxylation is 1. The molecule has 3 N–H and O–H groups in total. The number of hydrogen-bond acceptors (Lipinski definition) is 3. The molecular formula is C16H20N2O. The molecular weight excluding hydrogens is 236 g/mol. The highest BCUT2D eigenvalue weighted by Gasteiger charge is 2.22. The van der Waals surface area contributed by atoms with Crippen LogP contribution in [0.1, 0.15) is 30.2 Å². The van der Waals surface area contributed by atoms with Crippen LogP contribution in [0.15, 0.2) is 40.8 Å². The van der Waals surface area contributed by atoms with E-state index in [4.69, 9.17) is 10.2 Å². The zero-order chi connectivity index (χ0) is 13.2. The van der Waals surface area contributed by atoms with E-state index in [9.17, 15) is 0 Å². The van der Waals surface area contributed by atoms with Gasteiger partial charge in [0.25, 0.3) is 0 Å². The van der Waals surface area contributed by atoms with Crippen molar-refractivity contribution < 1.29 is 4.42 Å². The van der Waals surface area contributed by atoms with Crippen molar-refractivity contribution in [2.24, 2.45) is 5.73 Å². The molecule has 0 saturated carbocycles. The van der Waals surface area contributed by atoms with Crippen molar-refractivity contribution in [3.8, 4) is 0 Å². The zero-order valence-electron chi connectivity index (χ0n) is 11.2. The Bertz CT molecular complexity index is 592. The van der Waals surface area contributed by atoms with Gasteiger partial charge in [-0.15, -0.1) is 0 Å². The van der Waals surface area contributed by atoms with E-state index >= 15 is 0 Å². The molecule has 2 aromatic rings. The molecule has 0 amide bonds. The minimum Gasteiger partial charge on any atom is -0.461 e. The summed E-state index contributed by atoms with van der Waals surface area (Å²) < 4.78 is 5.84. The first-order valence-electron chi connectivity index (χ1n) is 6.88. The molecule has 1 aliphatic carbocycles. The lowest BCUT2D eigenvalue weighted by molar-refractivity contribution is 0.446. The van der Waals surface area contributed by atoms with Gasteiger partial charge in [-0.1, -0.05) is 30.4 Å². The molecule has 1 heterocycles. The molecule has 0 fully saturated rings. The maximum atomic E-state index is 5.98. The lowest BCUT2D eigenvalue weighted by Crippen LogP contribution is -2.35. The third-order valence-electron chi connectivity index (χ3n) is 3.85. The van der Waals surface area contributed by atoms with Crippen molar-refractivity contribution in [1.29, 1.82) is 0 Å². The molecule has 100 valence electrons. The summed E-state index contributed by atoms with van der Waals surface area (Å²) in [6, 6.07) is 8.83. The number of nitrogens with two attached hydrogens (primary N) is 1. The van der Waals surface area contributed by atoms with Crippen molar-refractivity contribution in [3.05, 3.63) is 47.7 Å². The van der Waals surface area contributed by atoms with Gasteiger partial charge in [-0.3, -0.25) is 0 Å². The van der Waals surface area contributed by atoms with Crippen molar-refractivity contribution in [2.75, 3.05) is 6.54 Å². The van der Waals surface area contributed by atoms with Crippen LogP contribution in [0.3, 0.4) is 0 Å². The maximum absolute atomic E-state index is 5.98. The summed E-state index contributed by atoms with van der Waals surface area (Å²) in [6.45, 7) is 2.60. The van der Waals surface area contributed by atoms with Crippen molar-refractivity contribution in [3.63, 3.8) is 0 Å². The summed E-state index contributed by atoms with van der Waals surface area (Å²) in [5, 5.41) is 4.83. The third-order valence-corrected chi connectivity index (χ3v) is 3.85. The number of fused-ring (bicyclic) bond motifs is 1. The van der Waals surface area contributed by atoms with Gasteiger partial charge in [0.2, 0.25) is 0 Å². The monoisotopic (exact) mass is 256 g/mol. The number of hydrogen-bond donors (Lipinski definition) is 2. The van der Waals surface area contributed by atoms with Gasteiger partial charge in [0.15, 0.2) is 0 Å². The van der Waals surface area contributed by atoms with E-state index in [0.717, 1.165) is 24.2 Å². The van der Waals surface area contributed by atoms with Crippen LogP contribution in [-0.4, -0.2) is 12.6 Å². The zero-order valence-corrected chi connectivity index (χ0v) is 11.2. The Balaban J connectivity index is 1.93. The second-order valence-electron chi connectivity index (χ2n) is 5.16. The van der Waals surface area contributed by atoms with E-state index in [1.165, 1.54) is 10.9 Å². The molecule has 3 nitrogen and oxygen atoms in total. The molecule has 1 aromatic carbocycles. The largest absolute Gasteiger partial charge is 0.461 e. The molecule has 1 unspecified atom stereocenters. The SMILES string of the molecule is Cc1oc2ccccc2c1C(CN)NC1CC=CC1. The summed E-state index contributed by atoms with van der Waals surface area (Å²) in [5.74, 6) is 0.968. The van der Waals surface area contributed by atoms with E-state index in [1.807, 2.05) is 25.1 Å². The minimum atomic E-state index is 0.161. The van der Waals surface area contributed by atoms with Gasteiger partial charge in [-0.25, -0.2) is 0 Å². The van der Waals surface area contributed by atoms with Crippen LogP contribution in [0.2, 0.25) is 0 Å². The van der Waals surface area contributed by atoms with Gasteiger partial charge >= 0.3 is 0 Å². The Labute approximate surface area is 113 Å². The van der Waals surface area contributed by atoms with Crippen LogP contribution in [0.4, 0.5) is 0 Å². The molecule has 3 heteroatoms. The molecule has 0 saturated heterocycles. The smallest absolute Gasteiger partial charge is 0.134 e. The Kier molecular flexibility index (Phi) is 3.40. The molecule has 0 radical (unpaired) electrons. The molecule has 0 spiro atoms.